The predicted molar refractivity (Wildman–Crippen MR) is 123 cm³/mol. The summed E-state index contributed by atoms with van der Waals surface area (Å²) in [6, 6.07) is 15.2. The summed E-state index contributed by atoms with van der Waals surface area (Å²) in [5.74, 6) is -2.07. The average molecular weight is 466 g/mol. The molecule has 0 unspecified atom stereocenters. The molecule has 1 atom stereocenters. The second kappa shape index (κ2) is 11.9. The third-order valence-electron chi connectivity index (χ3n) is 6.20. The molecule has 1 aliphatic heterocycles. The van der Waals surface area contributed by atoms with Gasteiger partial charge in [0.15, 0.2) is 0 Å². The zero-order valence-electron chi connectivity index (χ0n) is 18.9. The van der Waals surface area contributed by atoms with Gasteiger partial charge in [-0.05, 0) is 60.6 Å². The van der Waals surface area contributed by atoms with Crippen LogP contribution < -0.4 is 5.32 Å². The van der Waals surface area contributed by atoms with Gasteiger partial charge in [-0.15, -0.1) is 0 Å². The Morgan fingerprint density at radius 1 is 1.12 bits per heavy atom. The molecule has 0 saturated carbocycles. The van der Waals surface area contributed by atoms with Crippen molar-refractivity contribution < 1.29 is 23.9 Å². The van der Waals surface area contributed by atoms with Gasteiger partial charge in [0.2, 0.25) is 11.8 Å². The summed E-state index contributed by atoms with van der Waals surface area (Å²) in [6.07, 6.45) is 1.86. The van der Waals surface area contributed by atoms with E-state index in [0.29, 0.717) is 44.3 Å². The number of hydrogen-bond acceptors (Lipinski definition) is 4. The molecule has 8 heteroatoms. The normalized spacial score (nSPS) is 14.8. The minimum Gasteiger partial charge on any atom is -0.481 e. The molecule has 178 valence electrons. The third kappa shape index (κ3) is 6.88. The number of nitrogens with one attached hydrogen (secondary N) is 1. The molecule has 0 aliphatic carbocycles. The second-order valence-electron chi connectivity index (χ2n) is 8.49. The lowest BCUT2D eigenvalue weighted by Gasteiger charge is -2.36. The number of benzene rings is 2. The van der Waals surface area contributed by atoms with Crippen molar-refractivity contribution in [1.82, 2.24) is 10.2 Å². The molecule has 1 aliphatic rings. The van der Waals surface area contributed by atoms with Crippen LogP contribution in [0.2, 0.25) is 0 Å². The van der Waals surface area contributed by atoms with Gasteiger partial charge in [0.05, 0.1) is 24.0 Å². The molecule has 3 rings (SSSR count). The van der Waals surface area contributed by atoms with Gasteiger partial charge in [0.1, 0.15) is 5.82 Å². The summed E-state index contributed by atoms with van der Waals surface area (Å²) in [7, 11) is 0. The van der Waals surface area contributed by atoms with E-state index in [1.165, 1.54) is 12.1 Å². The Bertz CT molecular complexity index is 1060. The van der Waals surface area contributed by atoms with Gasteiger partial charge in [0.25, 0.3) is 0 Å². The molecular formula is C26H28FN3O4. The molecular weight excluding hydrogens is 437 g/mol. The van der Waals surface area contributed by atoms with E-state index >= 15 is 0 Å². The molecule has 2 aromatic carbocycles. The average Bonchev–Trinajstić information content (AvgIpc) is 2.83. The standard InChI is InChI=1S/C26H28FN3O4/c27-22-3-1-2-18(16-22)6-9-23(31)30-14-11-21(12-15-30)25(26(34)29-13-10-24(32)33)20-7-4-19(17-28)5-8-20/h1-5,7-8,16,21,25H,6,9-15H2,(H,29,34)(H,32,33)/t25-/m1/s1. The first kappa shape index (κ1) is 24.9. The van der Waals surface area contributed by atoms with Crippen LogP contribution in [0, 0.1) is 23.1 Å². The number of hydrogen-bond donors (Lipinski definition) is 2. The van der Waals surface area contributed by atoms with Crippen LogP contribution in [0.25, 0.3) is 0 Å². The van der Waals surface area contributed by atoms with Crippen molar-refractivity contribution >= 4 is 17.8 Å². The summed E-state index contributed by atoms with van der Waals surface area (Å²) < 4.78 is 13.4. The number of carbonyl (C=O) groups is 3. The van der Waals surface area contributed by atoms with E-state index in [0.717, 1.165) is 11.1 Å². The maximum atomic E-state index is 13.4. The highest BCUT2D eigenvalue weighted by molar-refractivity contribution is 5.84. The molecule has 2 N–H and O–H groups in total. The van der Waals surface area contributed by atoms with Gasteiger partial charge < -0.3 is 15.3 Å². The first-order chi connectivity index (χ1) is 16.4. The highest BCUT2D eigenvalue weighted by Gasteiger charge is 2.33. The number of carbonyl (C=O) groups excluding carboxylic acids is 2. The Labute approximate surface area is 198 Å². The van der Waals surface area contributed by atoms with Gasteiger partial charge in [-0.3, -0.25) is 14.4 Å². The first-order valence-electron chi connectivity index (χ1n) is 11.4. The van der Waals surface area contributed by atoms with Gasteiger partial charge >= 0.3 is 5.97 Å². The van der Waals surface area contributed by atoms with Crippen LogP contribution in [0.15, 0.2) is 48.5 Å². The Balaban J connectivity index is 1.62. The number of amides is 2. The topological polar surface area (TPSA) is 110 Å². The van der Waals surface area contributed by atoms with Crippen LogP contribution in [-0.4, -0.2) is 47.4 Å². The molecule has 7 nitrogen and oxygen atoms in total. The molecule has 0 aromatic heterocycles. The molecule has 0 radical (unpaired) electrons. The van der Waals surface area contributed by atoms with E-state index in [2.05, 4.69) is 11.4 Å². The minimum absolute atomic E-state index is 0.00328. The van der Waals surface area contributed by atoms with Crippen molar-refractivity contribution in [2.45, 2.75) is 38.0 Å². The largest absolute Gasteiger partial charge is 0.481 e. The summed E-state index contributed by atoms with van der Waals surface area (Å²) in [6.45, 7) is 1.07. The van der Waals surface area contributed by atoms with Crippen LogP contribution in [0.1, 0.15) is 48.3 Å². The lowest BCUT2D eigenvalue weighted by molar-refractivity contribution is -0.137. The number of piperidine rings is 1. The number of likely N-dealkylation sites (tertiary alicyclic amines) is 1. The third-order valence-corrected chi connectivity index (χ3v) is 6.20. The molecule has 0 spiro atoms. The fourth-order valence-corrected chi connectivity index (χ4v) is 4.39. The van der Waals surface area contributed by atoms with Crippen molar-refractivity contribution in [3.8, 4) is 6.07 Å². The fourth-order valence-electron chi connectivity index (χ4n) is 4.39. The highest BCUT2D eigenvalue weighted by Crippen LogP contribution is 2.33. The van der Waals surface area contributed by atoms with Crippen LogP contribution in [0.3, 0.4) is 0 Å². The van der Waals surface area contributed by atoms with E-state index < -0.39 is 11.9 Å². The number of aliphatic carboxylic acids is 1. The lowest BCUT2D eigenvalue weighted by atomic mass is 9.79. The quantitative estimate of drug-likeness (QED) is 0.591. The zero-order chi connectivity index (χ0) is 24.5. The van der Waals surface area contributed by atoms with Crippen molar-refractivity contribution in [2.75, 3.05) is 19.6 Å². The molecule has 1 saturated heterocycles. The summed E-state index contributed by atoms with van der Waals surface area (Å²) in [5, 5.41) is 20.6. The maximum absolute atomic E-state index is 13.4. The smallest absolute Gasteiger partial charge is 0.305 e. The second-order valence-corrected chi connectivity index (χ2v) is 8.49. The van der Waals surface area contributed by atoms with Gasteiger partial charge in [-0.25, -0.2) is 4.39 Å². The zero-order valence-corrected chi connectivity index (χ0v) is 18.9. The molecule has 2 amide bonds. The van der Waals surface area contributed by atoms with E-state index in [1.807, 2.05) is 0 Å². The number of halogens is 1. The van der Waals surface area contributed by atoms with Crippen LogP contribution in [0.5, 0.6) is 0 Å². The van der Waals surface area contributed by atoms with Crippen molar-refractivity contribution in [2.24, 2.45) is 5.92 Å². The Morgan fingerprint density at radius 3 is 2.44 bits per heavy atom. The molecule has 2 aromatic rings. The van der Waals surface area contributed by atoms with Gasteiger partial charge in [-0.1, -0.05) is 24.3 Å². The number of rotatable bonds is 9. The predicted octanol–water partition coefficient (Wildman–Crippen LogP) is 3.24. The summed E-state index contributed by atoms with van der Waals surface area (Å²) >= 11 is 0. The monoisotopic (exact) mass is 465 g/mol. The minimum atomic E-state index is -0.986. The number of carboxylic acids is 1. The number of nitriles is 1. The van der Waals surface area contributed by atoms with E-state index in [1.54, 1.807) is 41.3 Å². The number of nitrogens with zero attached hydrogens (tertiary/aromatic N) is 2. The number of aryl methyl sites for hydroxylation is 1. The molecule has 1 fully saturated rings. The summed E-state index contributed by atoms with van der Waals surface area (Å²) in [5.41, 5.74) is 2.04. The van der Waals surface area contributed by atoms with E-state index in [9.17, 15) is 18.8 Å². The first-order valence-corrected chi connectivity index (χ1v) is 11.4. The maximum Gasteiger partial charge on any atom is 0.305 e. The lowest BCUT2D eigenvalue weighted by Crippen LogP contribution is -2.43. The van der Waals surface area contributed by atoms with Crippen LogP contribution in [0.4, 0.5) is 4.39 Å². The highest BCUT2D eigenvalue weighted by atomic mass is 19.1. The van der Waals surface area contributed by atoms with Crippen LogP contribution >= 0.6 is 0 Å². The van der Waals surface area contributed by atoms with E-state index in [-0.39, 0.29) is 36.5 Å². The Morgan fingerprint density at radius 2 is 1.82 bits per heavy atom. The van der Waals surface area contributed by atoms with Crippen molar-refractivity contribution in [3.63, 3.8) is 0 Å². The fraction of sp³-hybridized carbons (Fsp3) is 0.385. The molecule has 0 bridgehead atoms. The van der Waals surface area contributed by atoms with Gasteiger partial charge in [0, 0.05) is 26.1 Å². The van der Waals surface area contributed by atoms with Crippen molar-refractivity contribution in [1.29, 1.82) is 5.26 Å². The Hall–Kier alpha value is -3.73. The Kier molecular flexibility index (Phi) is 8.74. The van der Waals surface area contributed by atoms with Crippen molar-refractivity contribution in [3.05, 3.63) is 71.0 Å². The summed E-state index contributed by atoms with van der Waals surface area (Å²) in [4.78, 5) is 38.3. The SMILES string of the molecule is N#Cc1ccc([C@@H](C(=O)NCCC(=O)O)C2CCN(C(=O)CCc3cccc(F)c3)CC2)cc1. The van der Waals surface area contributed by atoms with Gasteiger partial charge in [-0.2, -0.15) is 5.26 Å². The molecule has 34 heavy (non-hydrogen) atoms. The van der Waals surface area contributed by atoms with Crippen LogP contribution in [-0.2, 0) is 20.8 Å². The molecule has 1 heterocycles. The van der Waals surface area contributed by atoms with E-state index in [4.69, 9.17) is 10.4 Å². The number of carboxylic acid groups (broad SMARTS) is 1.